The molecule has 0 N–H and O–H groups in total. The minimum atomic E-state index is -2.91. The lowest BCUT2D eigenvalue weighted by molar-refractivity contribution is 0.453. The number of nitrogens with zero attached hydrogens (tertiary/aromatic N) is 2. The topological polar surface area (TPSA) is 52.0 Å². The van der Waals surface area contributed by atoms with E-state index in [1.807, 2.05) is 4.57 Å². The molecule has 3 rings (SSSR count). The molecule has 0 atom stereocenters. The summed E-state index contributed by atoms with van der Waals surface area (Å²) >= 11 is 5.89. The van der Waals surface area contributed by atoms with E-state index in [2.05, 4.69) is 4.98 Å². The van der Waals surface area contributed by atoms with Crippen molar-refractivity contribution in [3.63, 3.8) is 0 Å². The first-order chi connectivity index (χ1) is 9.94. The maximum absolute atomic E-state index is 13.5. The Bertz CT molecular complexity index is 739. The van der Waals surface area contributed by atoms with Crippen LogP contribution in [0.1, 0.15) is 18.9 Å². The van der Waals surface area contributed by atoms with Crippen LogP contribution in [0.25, 0.3) is 11.4 Å². The molecule has 0 radical (unpaired) electrons. The highest BCUT2D eigenvalue weighted by molar-refractivity contribution is 7.91. The molecule has 0 saturated carbocycles. The van der Waals surface area contributed by atoms with E-state index in [1.165, 1.54) is 12.1 Å². The van der Waals surface area contributed by atoms with Crippen LogP contribution in [0.15, 0.2) is 30.6 Å². The van der Waals surface area contributed by atoms with Gasteiger partial charge in [0.05, 0.1) is 11.5 Å². The third-order valence-electron chi connectivity index (χ3n) is 3.71. The van der Waals surface area contributed by atoms with Gasteiger partial charge in [-0.2, -0.15) is 0 Å². The summed E-state index contributed by atoms with van der Waals surface area (Å²) in [6.07, 6.45) is 4.54. The van der Waals surface area contributed by atoms with Gasteiger partial charge in [-0.25, -0.2) is 17.8 Å². The molecule has 2 aromatic rings. The van der Waals surface area contributed by atoms with E-state index in [0.29, 0.717) is 29.3 Å². The standard InChI is InChI=1S/C14H14ClFN2O2S/c15-11-7-10(8-12(16)9-11)14-17-3-4-18(14)13-1-5-21(19,20)6-2-13/h3-4,7-9,13H,1-2,5-6H2. The van der Waals surface area contributed by atoms with Gasteiger partial charge in [0.25, 0.3) is 0 Å². The summed E-state index contributed by atoms with van der Waals surface area (Å²) in [5.74, 6) is 0.553. The second-order valence-corrected chi connectivity index (χ2v) is 7.94. The molecule has 1 saturated heterocycles. The normalized spacial score (nSPS) is 18.8. The van der Waals surface area contributed by atoms with Crippen LogP contribution in [0.4, 0.5) is 4.39 Å². The van der Waals surface area contributed by atoms with Gasteiger partial charge in [0.2, 0.25) is 0 Å². The Balaban J connectivity index is 1.94. The van der Waals surface area contributed by atoms with Gasteiger partial charge in [0.15, 0.2) is 0 Å². The summed E-state index contributed by atoms with van der Waals surface area (Å²) < 4.78 is 38.4. The molecule has 1 aromatic heterocycles. The van der Waals surface area contributed by atoms with Gasteiger partial charge in [-0.05, 0) is 31.0 Å². The Hall–Kier alpha value is -1.40. The molecular weight excluding hydrogens is 315 g/mol. The van der Waals surface area contributed by atoms with E-state index >= 15 is 0 Å². The zero-order valence-corrected chi connectivity index (χ0v) is 12.7. The van der Waals surface area contributed by atoms with Gasteiger partial charge < -0.3 is 4.57 Å². The highest BCUT2D eigenvalue weighted by atomic mass is 35.5. The molecule has 0 aliphatic carbocycles. The Morgan fingerprint density at radius 1 is 1.24 bits per heavy atom. The predicted molar refractivity (Wildman–Crippen MR) is 79.6 cm³/mol. The van der Waals surface area contributed by atoms with Crippen molar-refractivity contribution in [1.82, 2.24) is 9.55 Å². The Kier molecular flexibility index (Phi) is 3.75. The second kappa shape index (κ2) is 5.42. The van der Waals surface area contributed by atoms with E-state index < -0.39 is 15.7 Å². The zero-order valence-electron chi connectivity index (χ0n) is 11.2. The number of halogens is 2. The Morgan fingerprint density at radius 3 is 2.62 bits per heavy atom. The van der Waals surface area contributed by atoms with Crippen LogP contribution >= 0.6 is 11.6 Å². The van der Waals surface area contributed by atoms with Gasteiger partial charge in [-0.15, -0.1) is 0 Å². The zero-order chi connectivity index (χ0) is 15.0. The SMILES string of the molecule is O=S1(=O)CCC(n2ccnc2-c2cc(F)cc(Cl)c2)CC1. The van der Waals surface area contributed by atoms with Crippen LogP contribution in [-0.2, 0) is 9.84 Å². The molecule has 2 heterocycles. The molecule has 1 aromatic carbocycles. The van der Waals surface area contributed by atoms with Crippen LogP contribution in [0.3, 0.4) is 0 Å². The van der Waals surface area contributed by atoms with Gasteiger partial charge in [0.1, 0.15) is 21.5 Å². The van der Waals surface area contributed by atoms with Crippen molar-refractivity contribution in [3.05, 3.63) is 41.4 Å². The molecule has 112 valence electrons. The maximum atomic E-state index is 13.5. The van der Waals surface area contributed by atoms with E-state index in [4.69, 9.17) is 11.6 Å². The number of imidazole rings is 1. The summed E-state index contributed by atoms with van der Waals surface area (Å²) in [6.45, 7) is 0. The molecule has 0 amide bonds. The fourth-order valence-electron chi connectivity index (χ4n) is 2.67. The molecule has 7 heteroatoms. The number of sulfone groups is 1. The van der Waals surface area contributed by atoms with Crippen molar-refractivity contribution in [2.45, 2.75) is 18.9 Å². The van der Waals surface area contributed by atoms with Crippen LogP contribution < -0.4 is 0 Å². The molecular formula is C14H14ClFN2O2S. The van der Waals surface area contributed by atoms with Gasteiger partial charge in [0, 0.05) is 29.0 Å². The second-order valence-electron chi connectivity index (χ2n) is 5.20. The van der Waals surface area contributed by atoms with E-state index in [9.17, 15) is 12.8 Å². The van der Waals surface area contributed by atoms with Crippen molar-refractivity contribution in [2.75, 3.05) is 11.5 Å². The molecule has 1 aliphatic heterocycles. The molecule has 4 nitrogen and oxygen atoms in total. The van der Waals surface area contributed by atoms with E-state index in [1.54, 1.807) is 18.5 Å². The average Bonchev–Trinajstić information content (AvgIpc) is 2.86. The number of rotatable bonds is 2. The maximum Gasteiger partial charge on any atom is 0.150 e. The Morgan fingerprint density at radius 2 is 1.95 bits per heavy atom. The first kappa shape index (κ1) is 14.5. The van der Waals surface area contributed by atoms with Crippen molar-refractivity contribution in [2.24, 2.45) is 0 Å². The quantitative estimate of drug-likeness (QED) is 0.851. The third-order valence-corrected chi connectivity index (χ3v) is 5.64. The van der Waals surface area contributed by atoms with E-state index in [-0.39, 0.29) is 17.5 Å². The third kappa shape index (κ3) is 3.11. The van der Waals surface area contributed by atoms with Crippen LogP contribution in [-0.4, -0.2) is 29.5 Å². The summed E-state index contributed by atoms with van der Waals surface area (Å²) in [5.41, 5.74) is 0.596. The van der Waals surface area contributed by atoms with Gasteiger partial charge in [-0.3, -0.25) is 0 Å². The molecule has 0 unspecified atom stereocenters. The Labute approximate surface area is 127 Å². The fraction of sp³-hybridized carbons (Fsp3) is 0.357. The number of hydrogen-bond acceptors (Lipinski definition) is 3. The number of benzene rings is 1. The van der Waals surface area contributed by atoms with Crippen molar-refractivity contribution in [3.8, 4) is 11.4 Å². The predicted octanol–water partition coefficient (Wildman–Crippen LogP) is 3.09. The van der Waals surface area contributed by atoms with Gasteiger partial charge in [-0.1, -0.05) is 11.6 Å². The minimum Gasteiger partial charge on any atom is -0.328 e. The van der Waals surface area contributed by atoms with Crippen LogP contribution in [0.5, 0.6) is 0 Å². The van der Waals surface area contributed by atoms with Crippen LogP contribution in [0, 0.1) is 5.82 Å². The highest BCUT2D eigenvalue weighted by Gasteiger charge is 2.26. The first-order valence-corrected chi connectivity index (χ1v) is 8.84. The summed E-state index contributed by atoms with van der Waals surface area (Å²) in [7, 11) is -2.91. The lowest BCUT2D eigenvalue weighted by Gasteiger charge is -2.25. The molecule has 0 bridgehead atoms. The number of aromatic nitrogens is 2. The molecule has 21 heavy (non-hydrogen) atoms. The highest BCUT2D eigenvalue weighted by Crippen LogP contribution is 2.30. The monoisotopic (exact) mass is 328 g/mol. The molecule has 1 fully saturated rings. The first-order valence-electron chi connectivity index (χ1n) is 6.64. The largest absolute Gasteiger partial charge is 0.328 e. The van der Waals surface area contributed by atoms with E-state index in [0.717, 1.165) is 0 Å². The van der Waals surface area contributed by atoms with Crippen LogP contribution in [0.2, 0.25) is 5.02 Å². The van der Waals surface area contributed by atoms with Crippen molar-refractivity contribution in [1.29, 1.82) is 0 Å². The average molecular weight is 329 g/mol. The molecule has 0 spiro atoms. The summed E-state index contributed by atoms with van der Waals surface area (Å²) in [5, 5.41) is 0.311. The van der Waals surface area contributed by atoms with Gasteiger partial charge >= 0.3 is 0 Å². The lowest BCUT2D eigenvalue weighted by atomic mass is 10.1. The van der Waals surface area contributed by atoms with Crippen molar-refractivity contribution < 1.29 is 12.8 Å². The number of hydrogen-bond donors (Lipinski definition) is 0. The lowest BCUT2D eigenvalue weighted by Crippen LogP contribution is -2.25. The van der Waals surface area contributed by atoms with Crippen molar-refractivity contribution >= 4 is 21.4 Å². The molecule has 1 aliphatic rings. The summed E-state index contributed by atoms with van der Waals surface area (Å²) in [4.78, 5) is 4.27. The minimum absolute atomic E-state index is 0.0630. The smallest absolute Gasteiger partial charge is 0.150 e. The summed E-state index contributed by atoms with van der Waals surface area (Å²) in [6, 6.07) is 4.34. The fourth-order valence-corrected chi connectivity index (χ4v) is 4.36.